The highest BCUT2D eigenvalue weighted by atomic mass is 15.2. The highest BCUT2D eigenvalue weighted by Crippen LogP contribution is 2.25. The van der Waals surface area contributed by atoms with Crippen LogP contribution in [0.5, 0.6) is 0 Å². The average Bonchev–Trinajstić information content (AvgIpc) is 2.88. The van der Waals surface area contributed by atoms with E-state index in [-0.39, 0.29) is 0 Å². The van der Waals surface area contributed by atoms with Crippen LogP contribution in [-0.2, 0) is 26.1 Å². The molecule has 0 saturated heterocycles. The molecule has 1 aromatic heterocycles. The van der Waals surface area contributed by atoms with Gasteiger partial charge >= 0.3 is 0 Å². The van der Waals surface area contributed by atoms with Crippen LogP contribution < -0.4 is 5.73 Å². The molecule has 2 heterocycles. The number of nitrogen functional groups attached to an aromatic ring is 1. The summed E-state index contributed by atoms with van der Waals surface area (Å²) in [5.41, 5.74) is 11.0. The van der Waals surface area contributed by atoms with Gasteiger partial charge in [-0.1, -0.05) is 19.1 Å². The van der Waals surface area contributed by atoms with Crippen molar-refractivity contribution < 1.29 is 0 Å². The Morgan fingerprint density at radius 1 is 1.35 bits per heavy atom. The predicted molar refractivity (Wildman–Crippen MR) is 81.2 cm³/mol. The topological polar surface area (TPSA) is 47.1 Å². The Kier molecular flexibility index (Phi) is 3.74. The molecule has 2 N–H and O–H groups in total. The van der Waals surface area contributed by atoms with Crippen LogP contribution in [0.4, 0.5) is 5.69 Å². The molecule has 2 aromatic rings. The normalized spacial score (nSPS) is 15.2. The van der Waals surface area contributed by atoms with E-state index in [4.69, 9.17) is 5.73 Å². The van der Waals surface area contributed by atoms with Crippen LogP contribution in [0.25, 0.3) is 0 Å². The fraction of sp³-hybridized carbons (Fsp3) is 0.438. The third kappa shape index (κ3) is 2.56. The molecule has 20 heavy (non-hydrogen) atoms. The summed E-state index contributed by atoms with van der Waals surface area (Å²) in [7, 11) is 0. The minimum atomic E-state index is 0.925. The van der Waals surface area contributed by atoms with Crippen molar-refractivity contribution in [3.8, 4) is 0 Å². The van der Waals surface area contributed by atoms with Crippen LogP contribution in [0.3, 0.4) is 0 Å². The van der Waals surface area contributed by atoms with Gasteiger partial charge in [0, 0.05) is 38.1 Å². The molecule has 0 unspecified atom stereocenters. The number of aromatic nitrogens is 2. The molecular formula is C16H22N4. The van der Waals surface area contributed by atoms with E-state index in [0.29, 0.717) is 0 Å². The molecule has 4 nitrogen and oxygen atoms in total. The van der Waals surface area contributed by atoms with Gasteiger partial charge in [0.15, 0.2) is 0 Å². The van der Waals surface area contributed by atoms with E-state index in [1.54, 1.807) is 0 Å². The van der Waals surface area contributed by atoms with E-state index in [9.17, 15) is 0 Å². The minimum Gasteiger partial charge on any atom is -0.398 e. The quantitative estimate of drug-likeness (QED) is 0.868. The highest BCUT2D eigenvalue weighted by Gasteiger charge is 2.19. The molecule has 0 bridgehead atoms. The number of hydrogen-bond acceptors (Lipinski definition) is 3. The van der Waals surface area contributed by atoms with Crippen LogP contribution in [-0.4, -0.2) is 21.0 Å². The fourth-order valence-corrected chi connectivity index (χ4v) is 2.95. The lowest BCUT2D eigenvalue weighted by Gasteiger charge is -2.29. The van der Waals surface area contributed by atoms with E-state index in [0.717, 1.165) is 44.7 Å². The Labute approximate surface area is 120 Å². The lowest BCUT2D eigenvalue weighted by atomic mass is 9.98. The summed E-state index contributed by atoms with van der Waals surface area (Å²) in [5.74, 6) is 0. The first-order valence-corrected chi connectivity index (χ1v) is 7.35. The predicted octanol–water partition coefficient (Wildman–Crippen LogP) is 2.43. The van der Waals surface area contributed by atoms with Crippen LogP contribution in [0.1, 0.15) is 30.2 Å². The number of fused-ring (bicyclic) bond motifs is 1. The number of nitrogens with two attached hydrogens (primary N) is 1. The van der Waals surface area contributed by atoms with Gasteiger partial charge in [-0.05, 0) is 30.0 Å². The number of hydrogen-bond donors (Lipinski definition) is 1. The molecule has 1 aliphatic rings. The maximum absolute atomic E-state index is 6.11. The smallest absolute Gasteiger partial charge is 0.0948 e. The van der Waals surface area contributed by atoms with Gasteiger partial charge in [0.2, 0.25) is 0 Å². The third-order valence-electron chi connectivity index (χ3n) is 4.04. The maximum atomic E-state index is 6.11. The standard InChI is InChI=1S/C16H22N4/c1-2-7-20-12-18-9-14(20)10-19-8-6-13-4-3-5-16(17)15(13)11-19/h3-5,9,12H,2,6-8,10-11,17H2,1H3. The van der Waals surface area contributed by atoms with E-state index in [2.05, 4.69) is 33.5 Å². The molecule has 0 radical (unpaired) electrons. The zero-order chi connectivity index (χ0) is 13.9. The SMILES string of the molecule is CCCn1cncc1CN1CCc2cccc(N)c2C1. The average molecular weight is 270 g/mol. The van der Waals surface area contributed by atoms with E-state index < -0.39 is 0 Å². The van der Waals surface area contributed by atoms with E-state index >= 15 is 0 Å². The molecule has 0 fully saturated rings. The van der Waals surface area contributed by atoms with Crippen molar-refractivity contribution in [2.45, 2.75) is 39.4 Å². The summed E-state index contributed by atoms with van der Waals surface area (Å²) < 4.78 is 2.25. The Bertz CT molecular complexity index is 588. The van der Waals surface area contributed by atoms with Crippen LogP contribution in [0.15, 0.2) is 30.7 Å². The molecule has 0 saturated carbocycles. The molecule has 106 valence electrons. The monoisotopic (exact) mass is 270 g/mol. The van der Waals surface area contributed by atoms with Gasteiger partial charge in [-0.2, -0.15) is 0 Å². The number of imidazole rings is 1. The van der Waals surface area contributed by atoms with Crippen LogP contribution in [0, 0.1) is 0 Å². The number of benzene rings is 1. The lowest BCUT2D eigenvalue weighted by Crippen LogP contribution is -2.31. The molecule has 3 rings (SSSR count). The molecular weight excluding hydrogens is 248 g/mol. The Morgan fingerprint density at radius 2 is 2.25 bits per heavy atom. The number of rotatable bonds is 4. The van der Waals surface area contributed by atoms with Crippen molar-refractivity contribution in [2.75, 3.05) is 12.3 Å². The van der Waals surface area contributed by atoms with Crippen molar-refractivity contribution in [3.63, 3.8) is 0 Å². The van der Waals surface area contributed by atoms with Gasteiger partial charge in [0.1, 0.15) is 0 Å². The maximum Gasteiger partial charge on any atom is 0.0948 e. The first kappa shape index (κ1) is 13.2. The summed E-state index contributed by atoms with van der Waals surface area (Å²) in [6.45, 7) is 6.23. The second-order valence-corrected chi connectivity index (χ2v) is 5.52. The lowest BCUT2D eigenvalue weighted by molar-refractivity contribution is 0.239. The van der Waals surface area contributed by atoms with Crippen molar-refractivity contribution in [3.05, 3.63) is 47.5 Å². The molecule has 4 heteroatoms. The van der Waals surface area contributed by atoms with Gasteiger partial charge in [0.05, 0.1) is 12.0 Å². The van der Waals surface area contributed by atoms with Gasteiger partial charge in [-0.25, -0.2) is 4.98 Å². The van der Waals surface area contributed by atoms with Crippen molar-refractivity contribution in [1.29, 1.82) is 0 Å². The first-order chi connectivity index (χ1) is 9.78. The van der Waals surface area contributed by atoms with Crippen molar-refractivity contribution >= 4 is 5.69 Å². The van der Waals surface area contributed by atoms with Crippen LogP contribution >= 0.6 is 0 Å². The molecule has 0 amide bonds. The van der Waals surface area contributed by atoms with Gasteiger partial charge in [-0.15, -0.1) is 0 Å². The minimum absolute atomic E-state index is 0.925. The summed E-state index contributed by atoms with van der Waals surface area (Å²) in [5, 5.41) is 0. The number of anilines is 1. The zero-order valence-corrected chi connectivity index (χ0v) is 12.0. The number of aryl methyl sites for hydroxylation is 1. The zero-order valence-electron chi connectivity index (χ0n) is 12.0. The van der Waals surface area contributed by atoms with E-state index in [1.165, 1.54) is 16.8 Å². The Balaban J connectivity index is 1.74. The molecule has 0 spiro atoms. The van der Waals surface area contributed by atoms with Crippen molar-refractivity contribution in [1.82, 2.24) is 14.5 Å². The van der Waals surface area contributed by atoms with Crippen LogP contribution in [0.2, 0.25) is 0 Å². The van der Waals surface area contributed by atoms with Gasteiger partial charge < -0.3 is 10.3 Å². The largest absolute Gasteiger partial charge is 0.398 e. The summed E-state index contributed by atoms with van der Waals surface area (Å²) in [6.07, 6.45) is 6.14. The molecule has 1 aliphatic heterocycles. The van der Waals surface area contributed by atoms with Gasteiger partial charge in [0.25, 0.3) is 0 Å². The highest BCUT2D eigenvalue weighted by molar-refractivity contribution is 5.51. The Hall–Kier alpha value is -1.81. The molecule has 1 aromatic carbocycles. The van der Waals surface area contributed by atoms with Crippen molar-refractivity contribution in [2.24, 2.45) is 0 Å². The van der Waals surface area contributed by atoms with E-state index in [1.807, 2.05) is 18.6 Å². The second-order valence-electron chi connectivity index (χ2n) is 5.52. The number of nitrogens with zero attached hydrogens (tertiary/aromatic N) is 3. The second kappa shape index (κ2) is 5.67. The first-order valence-electron chi connectivity index (χ1n) is 7.35. The summed E-state index contributed by atoms with van der Waals surface area (Å²) in [4.78, 5) is 6.74. The Morgan fingerprint density at radius 3 is 3.10 bits per heavy atom. The summed E-state index contributed by atoms with van der Waals surface area (Å²) >= 11 is 0. The van der Waals surface area contributed by atoms with Gasteiger partial charge in [-0.3, -0.25) is 4.90 Å². The molecule has 0 aliphatic carbocycles. The third-order valence-corrected chi connectivity index (χ3v) is 4.04. The molecule has 0 atom stereocenters. The summed E-state index contributed by atoms with van der Waals surface area (Å²) in [6, 6.07) is 6.26. The fourth-order valence-electron chi connectivity index (χ4n) is 2.95.